The van der Waals surface area contributed by atoms with Crippen LogP contribution in [0.3, 0.4) is 0 Å². The van der Waals surface area contributed by atoms with Gasteiger partial charge in [-0.1, -0.05) is 19.1 Å². The van der Waals surface area contributed by atoms with Gasteiger partial charge in [0.15, 0.2) is 0 Å². The first-order chi connectivity index (χ1) is 6.11. The molecule has 0 rings (SSSR count). The third-order valence-electron chi connectivity index (χ3n) is 2.06. The van der Waals surface area contributed by atoms with E-state index < -0.39 is 12.0 Å². The van der Waals surface area contributed by atoms with Gasteiger partial charge in [0, 0.05) is 0 Å². The van der Waals surface area contributed by atoms with Crippen LogP contribution in [0.2, 0.25) is 0 Å². The lowest BCUT2D eigenvalue weighted by atomic mass is 9.98. The van der Waals surface area contributed by atoms with Gasteiger partial charge in [0.1, 0.15) is 6.04 Å². The number of carboxylic acids is 1. The zero-order chi connectivity index (χ0) is 10.3. The summed E-state index contributed by atoms with van der Waals surface area (Å²) in [6.07, 6.45) is 5.68. The van der Waals surface area contributed by atoms with Crippen LogP contribution in [-0.4, -0.2) is 24.2 Å². The van der Waals surface area contributed by atoms with E-state index in [0.29, 0.717) is 12.3 Å². The van der Waals surface area contributed by atoms with Crippen LogP contribution in [0.15, 0.2) is 12.2 Å². The van der Waals surface area contributed by atoms with Crippen molar-refractivity contribution in [1.29, 1.82) is 0 Å². The molecule has 0 aromatic rings. The van der Waals surface area contributed by atoms with Crippen LogP contribution in [0.1, 0.15) is 26.7 Å². The molecule has 0 spiro atoms. The normalized spacial score (nSPS) is 15.9. The van der Waals surface area contributed by atoms with E-state index in [2.05, 4.69) is 18.3 Å². The largest absolute Gasteiger partial charge is 0.480 e. The summed E-state index contributed by atoms with van der Waals surface area (Å²) in [5.74, 6) is -0.362. The van der Waals surface area contributed by atoms with Gasteiger partial charge >= 0.3 is 5.97 Å². The first-order valence-electron chi connectivity index (χ1n) is 4.63. The standard InChI is InChI=1S/C10H19NO2/c1-4-5-6-8(2)7-9(11-3)10(12)13/h4-5,8-9,11H,6-7H2,1-3H3,(H,12,13). The number of aliphatic carboxylic acids is 1. The number of hydrogen-bond acceptors (Lipinski definition) is 2. The molecule has 0 aliphatic rings. The number of rotatable bonds is 6. The molecule has 2 unspecified atom stereocenters. The highest BCUT2D eigenvalue weighted by Crippen LogP contribution is 2.11. The zero-order valence-electron chi connectivity index (χ0n) is 8.58. The van der Waals surface area contributed by atoms with Crippen molar-refractivity contribution in [2.24, 2.45) is 5.92 Å². The van der Waals surface area contributed by atoms with Crippen LogP contribution in [0.5, 0.6) is 0 Å². The molecule has 3 heteroatoms. The second kappa shape index (κ2) is 6.66. The maximum Gasteiger partial charge on any atom is 0.320 e. The van der Waals surface area contributed by atoms with Gasteiger partial charge < -0.3 is 10.4 Å². The van der Waals surface area contributed by atoms with Crippen molar-refractivity contribution < 1.29 is 9.90 Å². The minimum absolute atomic E-state index is 0.407. The number of carboxylic acid groups (broad SMARTS) is 1. The lowest BCUT2D eigenvalue weighted by Gasteiger charge is -2.15. The fourth-order valence-electron chi connectivity index (χ4n) is 1.21. The van der Waals surface area contributed by atoms with E-state index in [-0.39, 0.29) is 0 Å². The minimum atomic E-state index is -0.769. The molecule has 0 fully saturated rings. The predicted molar refractivity (Wildman–Crippen MR) is 53.7 cm³/mol. The molecule has 0 aliphatic carbocycles. The van der Waals surface area contributed by atoms with Crippen molar-refractivity contribution in [2.75, 3.05) is 7.05 Å². The van der Waals surface area contributed by atoms with E-state index in [1.54, 1.807) is 7.05 Å². The van der Waals surface area contributed by atoms with E-state index in [9.17, 15) is 4.79 Å². The van der Waals surface area contributed by atoms with Crippen LogP contribution in [0, 0.1) is 5.92 Å². The van der Waals surface area contributed by atoms with Crippen molar-refractivity contribution in [3.63, 3.8) is 0 Å². The van der Waals surface area contributed by atoms with E-state index in [4.69, 9.17) is 5.11 Å². The first-order valence-corrected chi connectivity index (χ1v) is 4.63. The topological polar surface area (TPSA) is 49.3 Å². The molecule has 0 saturated carbocycles. The molecule has 13 heavy (non-hydrogen) atoms. The SMILES string of the molecule is CC=CCC(C)CC(NC)C(=O)O. The van der Waals surface area contributed by atoms with Gasteiger partial charge in [-0.05, 0) is 32.7 Å². The third-order valence-corrected chi connectivity index (χ3v) is 2.06. The molecule has 0 aliphatic heterocycles. The molecule has 2 N–H and O–H groups in total. The van der Waals surface area contributed by atoms with E-state index in [1.165, 1.54) is 0 Å². The predicted octanol–water partition coefficient (Wildman–Crippen LogP) is 1.65. The quantitative estimate of drug-likeness (QED) is 0.619. The summed E-state index contributed by atoms with van der Waals surface area (Å²) in [4.78, 5) is 10.7. The number of likely N-dealkylation sites (N-methyl/N-ethyl adjacent to an activating group) is 1. The van der Waals surface area contributed by atoms with E-state index >= 15 is 0 Å². The van der Waals surface area contributed by atoms with Crippen molar-refractivity contribution in [3.8, 4) is 0 Å². The molecular weight excluding hydrogens is 166 g/mol. The lowest BCUT2D eigenvalue weighted by Crippen LogP contribution is -2.35. The van der Waals surface area contributed by atoms with Gasteiger partial charge in [-0.3, -0.25) is 4.79 Å². The van der Waals surface area contributed by atoms with Crippen molar-refractivity contribution in [1.82, 2.24) is 5.32 Å². The number of carbonyl (C=O) groups is 1. The third kappa shape index (κ3) is 5.42. The summed E-state index contributed by atoms with van der Waals surface area (Å²) in [6.45, 7) is 4.03. The minimum Gasteiger partial charge on any atom is -0.480 e. The second-order valence-electron chi connectivity index (χ2n) is 3.33. The lowest BCUT2D eigenvalue weighted by molar-refractivity contribution is -0.139. The van der Waals surface area contributed by atoms with Crippen LogP contribution in [-0.2, 0) is 4.79 Å². The molecule has 76 valence electrons. The van der Waals surface area contributed by atoms with Crippen LogP contribution in [0.25, 0.3) is 0 Å². The molecular formula is C10H19NO2. The van der Waals surface area contributed by atoms with Crippen LogP contribution >= 0.6 is 0 Å². The highest BCUT2D eigenvalue weighted by molar-refractivity contribution is 5.73. The smallest absolute Gasteiger partial charge is 0.320 e. The van der Waals surface area contributed by atoms with E-state index in [0.717, 1.165) is 6.42 Å². The van der Waals surface area contributed by atoms with Gasteiger partial charge in [-0.25, -0.2) is 0 Å². The molecule has 3 nitrogen and oxygen atoms in total. The second-order valence-corrected chi connectivity index (χ2v) is 3.33. The van der Waals surface area contributed by atoms with Gasteiger partial charge in [0.2, 0.25) is 0 Å². The average molecular weight is 185 g/mol. The monoisotopic (exact) mass is 185 g/mol. The maximum absolute atomic E-state index is 10.7. The van der Waals surface area contributed by atoms with Gasteiger partial charge in [0.25, 0.3) is 0 Å². The molecule has 0 bridgehead atoms. The number of allylic oxidation sites excluding steroid dienone is 2. The number of nitrogens with one attached hydrogen (secondary N) is 1. The van der Waals surface area contributed by atoms with Gasteiger partial charge in [-0.2, -0.15) is 0 Å². The Morgan fingerprint density at radius 1 is 1.62 bits per heavy atom. The summed E-state index contributed by atoms with van der Waals surface area (Å²) in [5, 5.41) is 11.6. The van der Waals surface area contributed by atoms with Crippen molar-refractivity contribution in [3.05, 3.63) is 12.2 Å². The molecule has 0 saturated heterocycles. The Morgan fingerprint density at radius 2 is 2.23 bits per heavy atom. The summed E-state index contributed by atoms with van der Waals surface area (Å²) in [5.41, 5.74) is 0. The molecule has 0 amide bonds. The Hall–Kier alpha value is -0.830. The van der Waals surface area contributed by atoms with Crippen molar-refractivity contribution >= 4 is 5.97 Å². The Balaban J connectivity index is 3.86. The molecule has 0 aromatic carbocycles. The van der Waals surface area contributed by atoms with Crippen LogP contribution in [0.4, 0.5) is 0 Å². The van der Waals surface area contributed by atoms with E-state index in [1.807, 2.05) is 13.0 Å². The fourth-order valence-corrected chi connectivity index (χ4v) is 1.21. The Bertz CT molecular complexity index is 178. The summed E-state index contributed by atoms with van der Waals surface area (Å²) in [7, 11) is 1.68. The van der Waals surface area contributed by atoms with Crippen LogP contribution < -0.4 is 5.32 Å². The fraction of sp³-hybridized carbons (Fsp3) is 0.700. The molecule has 0 radical (unpaired) electrons. The zero-order valence-corrected chi connectivity index (χ0v) is 8.58. The summed E-state index contributed by atoms with van der Waals surface area (Å²) < 4.78 is 0. The Morgan fingerprint density at radius 3 is 2.62 bits per heavy atom. The first kappa shape index (κ1) is 12.2. The van der Waals surface area contributed by atoms with Gasteiger partial charge in [-0.15, -0.1) is 0 Å². The molecule has 0 heterocycles. The average Bonchev–Trinajstić information content (AvgIpc) is 2.10. The number of hydrogen-bond donors (Lipinski definition) is 2. The highest BCUT2D eigenvalue weighted by atomic mass is 16.4. The van der Waals surface area contributed by atoms with Gasteiger partial charge in [0.05, 0.1) is 0 Å². The summed E-state index contributed by atoms with van der Waals surface area (Å²) in [6, 6.07) is -0.416. The maximum atomic E-state index is 10.7. The summed E-state index contributed by atoms with van der Waals surface area (Å²) >= 11 is 0. The van der Waals surface area contributed by atoms with Crippen molar-refractivity contribution in [2.45, 2.75) is 32.7 Å². The Labute approximate surface area is 79.8 Å². The molecule has 0 aromatic heterocycles. The molecule has 2 atom stereocenters. The highest BCUT2D eigenvalue weighted by Gasteiger charge is 2.17. The Kier molecular flexibility index (Phi) is 6.24.